The summed E-state index contributed by atoms with van der Waals surface area (Å²) in [6, 6.07) is 6.73. The molecule has 0 bridgehead atoms. The number of aliphatic hydroxyl groups is 1. The van der Waals surface area contributed by atoms with Crippen molar-refractivity contribution in [3.05, 3.63) is 29.3 Å². The molecule has 0 radical (unpaired) electrons. The third-order valence-corrected chi connectivity index (χ3v) is 9.50. The van der Waals surface area contributed by atoms with Crippen molar-refractivity contribution in [2.45, 2.75) is 83.7 Å². The van der Waals surface area contributed by atoms with Crippen LogP contribution in [0, 0.1) is 22.7 Å². The molecule has 2 fully saturated rings. The Labute approximate surface area is 200 Å². The van der Waals surface area contributed by atoms with E-state index in [1.54, 1.807) is 14.2 Å². The predicted molar refractivity (Wildman–Crippen MR) is 129 cm³/mol. The normalized spacial score (nSPS) is 35.1. The van der Waals surface area contributed by atoms with Crippen molar-refractivity contribution in [1.82, 2.24) is 0 Å². The summed E-state index contributed by atoms with van der Waals surface area (Å²) in [4.78, 5) is 0. The second-order valence-electron chi connectivity index (χ2n) is 11.0. The monoisotopic (exact) mass is 460 g/mol. The molecule has 1 aromatic carbocycles. The van der Waals surface area contributed by atoms with Gasteiger partial charge in [-0.1, -0.05) is 32.8 Å². The highest BCUT2D eigenvalue weighted by molar-refractivity contribution is 5.42. The van der Waals surface area contributed by atoms with Crippen molar-refractivity contribution >= 4 is 0 Å². The molecule has 2 saturated carbocycles. The Morgan fingerprint density at radius 1 is 1.00 bits per heavy atom. The summed E-state index contributed by atoms with van der Waals surface area (Å²) < 4.78 is 22.4. The number of benzene rings is 1. The molecule has 6 atom stereocenters. The van der Waals surface area contributed by atoms with E-state index in [4.69, 9.17) is 18.9 Å². The summed E-state index contributed by atoms with van der Waals surface area (Å²) in [5.74, 6) is 2.79. The summed E-state index contributed by atoms with van der Waals surface area (Å²) in [5, 5.41) is 9.28. The van der Waals surface area contributed by atoms with Gasteiger partial charge in [0.1, 0.15) is 12.5 Å². The highest BCUT2D eigenvalue weighted by Gasteiger charge is 2.62. The molecule has 0 saturated heterocycles. The first-order chi connectivity index (χ1) is 16.0. The number of rotatable bonds is 11. The summed E-state index contributed by atoms with van der Waals surface area (Å²) >= 11 is 0. The van der Waals surface area contributed by atoms with Gasteiger partial charge in [0, 0.05) is 20.8 Å². The Morgan fingerprint density at radius 2 is 1.82 bits per heavy atom. The van der Waals surface area contributed by atoms with E-state index in [1.807, 2.05) is 0 Å². The van der Waals surface area contributed by atoms with Crippen LogP contribution in [0.2, 0.25) is 0 Å². The third-order valence-electron chi connectivity index (χ3n) is 9.50. The van der Waals surface area contributed by atoms with Crippen LogP contribution in [-0.2, 0) is 20.6 Å². The number of fused-ring (bicyclic) bond motifs is 5. The van der Waals surface area contributed by atoms with Crippen LogP contribution >= 0.6 is 0 Å². The molecule has 0 spiro atoms. The van der Waals surface area contributed by atoms with E-state index in [-0.39, 0.29) is 17.6 Å². The van der Waals surface area contributed by atoms with Gasteiger partial charge in [0.2, 0.25) is 0 Å². The second-order valence-corrected chi connectivity index (χ2v) is 11.0. The van der Waals surface area contributed by atoms with Crippen molar-refractivity contribution in [3.63, 3.8) is 0 Å². The van der Waals surface area contributed by atoms with Crippen molar-refractivity contribution < 1.29 is 24.1 Å². The Morgan fingerprint density at radius 3 is 2.58 bits per heavy atom. The largest absolute Gasteiger partial charge is 0.468 e. The molecular formula is C28H44O5. The van der Waals surface area contributed by atoms with Crippen molar-refractivity contribution in [2.24, 2.45) is 22.7 Å². The van der Waals surface area contributed by atoms with Crippen molar-refractivity contribution in [3.8, 4) is 5.75 Å². The summed E-state index contributed by atoms with van der Waals surface area (Å²) in [7, 11) is 3.38. The lowest BCUT2D eigenvalue weighted by molar-refractivity contribution is -0.146. The van der Waals surface area contributed by atoms with Gasteiger partial charge in [0.25, 0.3) is 0 Å². The average molecular weight is 461 g/mol. The zero-order valence-electron chi connectivity index (χ0n) is 21.1. The van der Waals surface area contributed by atoms with Gasteiger partial charge in [0.15, 0.2) is 6.79 Å². The van der Waals surface area contributed by atoms with Gasteiger partial charge in [-0.05, 0) is 96.8 Å². The van der Waals surface area contributed by atoms with Crippen LogP contribution in [0.5, 0.6) is 5.75 Å². The molecule has 1 N–H and O–H groups in total. The zero-order chi connectivity index (χ0) is 23.5. The van der Waals surface area contributed by atoms with Gasteiger partial charge in [-0.25, -0.2) is 0 Å². The van der Waals surface area contributed by atoms with Crippen LogP contribution in [0.1, 0.15) is 82.3 Å². The smallest absolute Gasteiger partial charge is 0.188 e. The maximum Gasteiger partial charge on any atom is 0.188 e. The van der Waals surface area contributed by atoms with Crippen LogP contribution in [0.25, 0.3) is 0 Å². The highest BCUT2D eigenvalue weighted by Crippen LogP contribution is 2.69. The molecule has 0 heterocycles. The first-order valence-electron chi connectivity index (χ1n) is 12.9. The standard InChI is InChI=1S/C28H44O5/c1-27-14-13-24-23-10-9-22(32-18-30-3)17-20(23)16-21(8-6-5-7-15-29)28(24,2)25(27)11-12-26(27)33-19-31-4/h9-10,17,21,24-26,29H,5-8,11-16,18-19H2,1-4H3/t21-,24-,25-,26+,27+,28?/m1/s1. The van der Waals surface area contributed by atoms with Crippen LogP contribution in [0.3, 0.4) is 0 Å². The van der Waals surface area contributed by atoms with E-state index in [2.05, 4.69) is 32.0 Å². The van der Waals surface area contributed by atoms with Gasteiger partial charge in [0.05, 0.1) is 6.10 Å². The third kappa shape index (κ3) is 4.59. The van der Waals surface area contributed by atoms with Gasteiger partial charge < -0.3 is 24.1 Å². The van der Waals surface area contributed by atoms with Crippen LogP contribution in [0.15, 0.2) is 18.2 Å². The summed E-state index contributed by atoms with van der Waals surface area (Å²) in [6.07, 6.45) is 10.7. The molecule has 0 aromatic heterocycles. The minimum Gasteiger partial charge on any atom is -0.468 e. The number of aliphatic hydroxyl groups excluding tert-OH is 1. The lowest BCUT2D eigenvalue weighted by Crippen LogP contribution is -2.54. The Balaban J connectivity index is 1.65. The number of unbranched alkanes of at least 4 members (excludes halogenated alkanes) is 2. The lowest BCUT2D eigenvalue weighted by atomic mass is 9.44. The highest BCUT2D eigenvalue weighted by atomic mass is 16.7. The topological polar surface area (TPSA) is 57.2 Å². The van der Waals surface area contributed by atoms with Crippen molar-refractivity contribution in [1.29, 1.82) is 0 Å². The molecule has 3 aliphatic rings. The fourth-order valence-corrected chi connectivity index (χ4v) is 7.94. The summed E-state index contributed by atoms with van der Waals surface area (Å²) in [5.41, 5.74) is 3.48. The molecular weight excluding hydrogens is 416 g/mol. The molecule has 0 aliphatic heterocycles. The van der Waals surface area contributed by atoms with Gasteiger partial charge in [-0.3, -0.25) is 0 Å². The SMILES string of the molecule is COCOc1ccc2c(c1)C[C@@H](CCCCCO)C1(C)[C@@H]2CC[C@]2(C)[C@@H](OCOC)CC[C@@H]12. The van der Waals surface area contributed by atoms with Gasteiger partial charge in [-0.15, -0.1) is 0 Å². The van der Waals surface area contributed by atoms with E-state index >= 15 is 0 Å². The molecule has 4 rings (SSSR count). The summed E-state index contributed by atoms with van der Waals surface area (Å²) in [6.45, 7) is 6.07. The second kappa shape index (κ2) is 10.6. The number of hydrogen-bond donors (Lipinski definition) is 1. The Kier molecular flexibility index (Phi) is 8.05. The fraction of sp³-hybridized carbons (Fsp3) is 0.786. The lowest BCUT2D eigenvalue weighted by Gasteiger charge is -2.60. The quantitative estimate of drug-likeness (QED) is 0.340. The van der Waals surface area contributed by atoms with E-state index in [1.165, 1.54) is 43.2 Å². The molecule has 1 unspecified atom stereocenters. The van der Waals surface area contributed by atoms with Crippen molar-refractivity contribution in [2.75, 3.05) is 34.4 Å². The van der Waals surface area contributed by atoms with Crippen LogP contribution in [0.4, 0.5) is 0 Å². The Bertz CT molecular complexity index is 782. The molecule has 3 aliphatic carbocycles. The zero-order valence-corrected chi connectivity index (χ0v) is 21.1. The number of ether oxygens (including phenoxy) is 4. The molecule has 1 aromatic rings. The van der Waals surface area contributed by atoms with Crippen LogP contribution < -0.4 is 4.74 Å². The molecule has 5 heteroatoms. The predicted octanol–water partition coefficient (Wildman–Crippen LogP) is 5.68. The molecule has 33 heavy (non-hydrogen) atoms. The maximum absolute atomic E-state index is 9.28. The van der Waals surface area contributed by atoms with E-state index in [9.17, 15) is 5.11 Å². The first-order valence-corrected chi connectivity index (χ1v) is 12.9. The minimum atomic E-state index is 0.214. The number of methoxy groups -OCH3 is 2. The molecule has 5 nitrogen and oxygen atoms in total. The maximum atomic E-state index is 9.28. The van der Waals surface area contributed by atoms with Gasteiger partial charge in [-0.2, -0.15) is 0 Å². The van der Waals surface area contributed by atoms with Gasteiger partial charge >= 0.3 is 0 Å². The van der Waals surface area contributed by atoms with Crippen LogP contribution in [-0.4, -0.2) is 45.6 Å². The fourth-order valence-electron chi connectivity index (χ4n) is 7.94. The average Bonchev–Trinajstić information content (AvgIpc) is 3.16. The first kappa shape index (κ1) is 25.0. The van der Waals surface area contributed by atoms with E-state index in [0.717, 1.165) is 31.4 Å². The number of hydrogen-bond acceptors (Lipinski definition) is 5. The molecule has 186 valence electrons. The van der Waals surface area contributed by atoms with E-state index < -0.39 is 0 Å². The Hall–Kier alpha value is -1.14. The van der Waals surface area contributed by atoms with E-state index in [0.29, 0.717) is 37.3 Å². The minimum absolute atomic E-state index is 0.214. The molecule has 0 amide bonds.